The van der Waals surface area contributed by atoms with Gasteiger partial charge in [-0.3, -0.25) is 14.6 Å². The molecule has 0 spiro atoms. The minimum atomic E-state index is -1.00. The molecule has 226 valence electrons. The first kappa shape index (κ1) is 34.8. The van der Waals surface area contributed by atoms with Crippen LogP contribution in [0.5, 0.6) is 5.75 Å². The first-order valence-electron chi connectivity index (χ1n) is 13.7. The fourth-order valence-corrected chi connectivity index (χ4v) is 4.44. The Kier molecular flexibility index (Phi) is 17.2. The van der Waals surface area contributed by atoms with Gasteiger partial charge in [0.25, 0.3) is 0 Å². The van der Waals surface area contributed by atoms with E-state index in [9.17, 15) is 24.9 Å². The maximum absolute atomic E-state index is 10.5. The minimum Gasteiger partial charge on any atom is -0.491 e. The third kappa shape index (κ3) is 15.4. The van der Waals surface area contributed by atoms with E-state index in [1.807, 2.05) is 30.3 Å². The quantitative estimate of drug-likeness (QED) is 0.0577. The van der Waals surface area contributed by atoms with E-state index < -0.39 is 36.3 Å². The van der Waals surface area contributed by atoms with Crippen LogP contribution < -0.4 is 21.9 Å². The molecule has 1 aliphatic rings. The van der Waals surface area contributed by atoms with Crippen LogP contribution in [0.3, 0.4) is 0 Å². The number of hydrogen-bond donors (Lipinski definition) is 8. The Bertz CT molecular complexity index is 911. The van der Waals surface area contributed by atoms with Crippen LogP contribution in [-0.2, 0) is 9.59 Å². The molecular weight excluding hydrogens is 520 g/mol. The van der Waals surface area contributed by atoms with E-state index in [0.29, 0.717) is 38.0 Å². The van der Waals surface area contributed by atoms with Crippen LogP contribution in [0, 0.1) is 11.8 Å². The highest BCUT2D eigenvalue weighted by atomic mass is 16.5. The van der Waals surface area contributed by atoms with Crippen LogP contribution in [0.2, 0.25) is 0 Å². The maximum Gasteiger partial charge on any atom is 0.320 e. The Morgan fingerprint density at radius 1 is 1.02 bits per heavy atom. The number of hydrogen-bond acceptors (Lipinski definition) is 8. The summed E-state index contributed by atoms with van der Waals surface area (Å²) < 4.78 is 5.52. The largest absolute Gasteiger partial charge is 0.491 e. The number of aliphatic imine (C=N–C) groups is 1. The zero-order valence-corrected chi connectivity index (χ0v) is 22.9. The van der Waals surface area contributed by atoms with Crippen molar-refractivity contribution >= 4 is 17.9 Å². The number of para-hydroxylation sites is 1. The SMILES string of the molecule is NC(N)=NCCCC(N)C(=O)O.O=C(O)CCCCCC[C@@H]1[C@@H](/C=C/[C@@H](O)COc2ccccc2)[C@H](O)C[C@@H]1O. The number of carbonyl (C=O) groups is 2. The number of unbranched alkanes of at least 4 members (excludes halogenated alkanes) is 3. The van der Waals surface area contributed by atoms with Gasteiger partial charge in [0.2, 0.25) is 0 Å². The molecule has 1 aromatic rings. The van der Waals surface area contributed by atoms with Gasteiger partial charge in [-0.15, -0.1) is 0 Å². The summed E-state index contributed by atoms with van der Waals surface area (Å²) in [5, 5.41) is 47.7. The van der Waals surface area contributed by atoms with Gasteiger partial charge in [-0.2, -0.15) is 0 Å². The van der Waals surface area contributed by atoms with Crippen LogP contribution in [-0.4, -0.2) is 80.9 Å². The monoisotopic (exact) mass is 566 g/mol. The zero-order chi connectivity index (χ0) is 29.9. The number of aliphatic hydroxyl groups excluding tert-OH is 3. The minimum absolute atomic E-state index is 0.0129. The number of aliphatic carboxylic acids is 2. The summed E-state index contributed by atoms with van der Waals surface area (Å²) in [7, 11) is 0. The predicted octanol–water partition coefficient (Wildman–Crippen LogP) is 1.22. The van der Waals surface area contributed by atoms with Crippen molar-refractivity contribution in [3.63, 3.8) is 0 Å². The van der Waals surface area contributed by atoms with Crippen molar-refractivity contribution in [2.24, 2.45) is 34.0 Å². The van der Waals surface area contributed by atoms with Crippen molar-refractivity contribution in [3.8, 4) is 5.75 Å². The summed E-state index contributed by atoms with van der Waals surface area (Å²) >= 11 is 0. The van der Waals surface area contributed by atoms with E-state index in [2.05, 4.69) is 4.99 Å². The highest BCUT2D eigenvalue weighted by Gasteiger charge is 2.39. The van der Waals surface area contributed by atoms with Gasteiger partial charge in [-0.1, -0.05) is 49.6 Å². The van der Waals surface area contributed by atoms with Gasteiger partial charge in [0, 0.05) is 25.3 Å². The number of ether oxygens (including phenoxy) is 1. The molecule has 0 heterocycles. The van der Waals surface area contributed by atoms with E-state index in [0.717, 1.165) is 25.7 Å². The molecule has 0 aliphatic heterocycles. The van der Waals surface area contributed by atoms with Gasteiger partial charge in [0.05, 0.1) is 12.2 Å². The molecule has 0 amide bonds. The summed E-state index contributed by atoms with van der Waals surface area (Å²) in [6, 6.07) is 8.43. The number of carboxylic acid groups (broad SMARTS) is 2. The number of benzene rings is 1. The number of nitrogens with two attached hydrogens (primary N) is 3. The fraction of sp³-hybridized carbons (Fsp3) is 0.607. The van der Waals surface area contributed by atoms with Gasteiger partial charge >= 0.3 is 11.9 Å². The Balaban J connectivity index is 0.000000562. The summed E-state index contributed by atoms with van der Waals surface area (Å²) in [4.78, 5) is 24.4. The molecule has 6 atom stereocenters. The van der Waals surface area contributed by atoms with E-state index in [1.54, 1.807) is 12.2 Å². The highest BCUT2D eigenvalue weighted by molar-refractivity contribution is 5.75. The van der Waals surface area contributed by atoms with Crippen LogP contribution in [0.1, 0.15) is 57.8 Å². The maximum atomic E-state index is 10.5. The molecule has 0 aromatic heterocycles. The number of guanidine groups is 1. The number of aliphatic hydroxyl groups is 3. The molecule has 0 saturated heterocycles. The van der Waals surface area contributed by atoms with Crippen LogP contribution in [0.4, 0.5) is 0 Å². The third-order valence-corrected chi connectivity index (χ3v) is 6.60. The lowest BCUT2D eigenvalue weighted by molar-refractivity contribution is -0.139. The van der Waals surface area contributed by atoms with Gasteiger partial charge in [0.15, 0.2) is 5.96 Å². The van der Waals surface area contributed by atoms with Crippen LogP contribution >= 0.6 is 0 Å². The second-order valence-electron chi connectivity index (χ2n) is 9.93. The summed E-state index contributed by atoms with van der Waals surface area (Å²) in [5.41, 5.74) is 15.3. The number of rotatable bonds is 17. The molecule has 2 rings (SSSR count). The third-order valence-electron chi connectivity index (χ3n) is 6.60. The second-order valence-corrected chi connectivity index (χ2v) is 9.93. The molecule has 0 bridgehead atoms. The lowest BCUT2D eigenvalue weighted by Crippen LogP contribution is -2.30. The van der Waals surface area contributed by atoms with Gasteiger partial charge in [0.1, 0.15) is 24.5 Å². The molecule has 1 aromatic carbocycles. The lowest BCUT2D eigenvalue weighted by atomic mass is 9.88. The van der Waals surface area contributed by atoms with E-state index in [-0.39, 0.29) is 30.8 Å². The molecule has 1 aliphatic carbocycles. The van der Waals surface area contributed by atoms with Gasteiger partial charge in [-0.05, 0) is 43.7 Å². The van der Waals surface area contributed by atoms with Crippen molar-refractivity contribution < 1.29 is 39.9 Å². The molecule has 1 unspecified atom stereocenters. The van der Waals surface area contributed by atoms with Crippen molar-refractivity contribution in [1.82, 2.24) is 0 Å². The molecular formula is C28H46N4O8. The van der Waals surface area contributed by atoms with Crippen LogP contribution in [0.15, 0.2) is 47.5 Å². The lowest BCUT2D eigenvalue weighted by Gasteiger charge is -2.21. The molecule has 11 N–H and O–H groups in total. The summed E-state index contributed by atoms with van der Waals surface area (Å²) in [5.74, 6) is -1.31. The highest BCUT2D eigenvalue weighted by Crippen LogP contribution is 2.37. The van der Waals surface area contributed by atoms with Crippen molar-refractivity contribution in [2.75, 3.05) is 13.2 Å². The second kappa shape index (κ2) is 19.8. The normalized spacial score (nSPS) is 21.7. The zero-order valence-electron chi connectivity index (χ0n) is 22.9. The van der Waals surface area contributed by atoms with E-state index in [4.69, 9.17) is 32.2 Å². The molecule has 0 radical (unpaired) electrons. The first-order chi connectivity index (χ1) is 19.0. The molecule has 12 heteroatoms. The van der Waals surface area contributed by atoms with E-state index in [1.165, 1.54) is 0 Å². The van der Waals surface area contributed by atoms with Gasteiger partial charge < -0.3 is 47.5 Å². The number of carboxylic acids is 2. The average Bonchev–Trinajstić information content (AvgIpc) is 3.18. The topological polar surface area (TPSA) is 235 Å². The molecule has 40 heavy (non-hydrogen) atoms. The Labute approximate surface area is 235 Å². The summed E-state index contributed by atoms with van der Waals surface area (Å²) in [6.45, 7) is 0.545. The standard InChI is InChI=1S/C22H32O6.C6H14N4O2/c23-16(15-28-17-8-4-3-5-9-17)12-13-19-18(20(24)14-21(19)25)10-6-1-2-7-11-22(26)27;7-4(5(11)12)2-1-3-10-6(8)9/h3-5,8-9,12-13,16,18-21,23-25H,1-2,6-7,10-11,14-15H2,(H,26,27);4H,1-3,7H2,(H,11,12)(H4,8,9,10)/b13-12+;/t16-,18-,19-,20+,21-;/m1./s1. The van der Waals surface area contributed by atoms with Crippen molar-refractivity contribution in [3.05, 3.63) is 42.5 Å². The van der Waals surface area contributed by atoms with Gasteiger partial charge in [-0.25, -0.2) is 0 Å². The Hall–Kier alpha value is -3.19. The van der Waals surface area contributed by atoms with Crippen molar-refractivity contribution in [1.29, 1.82) is 0 Å². The first-order valence-corrected chi connectivity index (χ1v) is 13.7. The molecule has 12 nitrogen and oxygen atoms in total. The Morgan fingerprint density at radius 3 is 2.33 bits per heavy atom. The predicted molar refractivity (Wildman–Crippen MR) is 152 cm³/mol. The number of nitrogens with zero attached hydrogens (tertiary/aromatic N) is 1. The summed E-state index contributed by atoms with van der Waals surface area (Å²) in [6.07, 6.45) is 7.06. The van der Waals surface area contributed by atoms with Crippen LogP contribution in [0.25, 0.3) is 0 Å². The molecule has 1 saturated carbocycles. The smallest absolute Gasteiger partial charge is 0.320 e. The Morgan fingerprint density at radius 2 is 1.70 bits per heavy atom. The van der Waals surface area contributed by atoms with E-state index >= 15 is 0 Å². The molecule has 1 fully saturated rings. The van der Waals surface area contributed by atoms with Crippen molar-refractivity contribution in [2.45, 2.75) is 82.1 Å². The fourth-order valence-electron chi connectivity index (χ4n) is 4.44. The average molecular weight is 567 g/mol.